The summed E-state index contributed by atoms with van der Waals surface area (Å²) < 4.78 is 5.60. The van der Waals surface area contributed by atoms with Crippen LogP contribution in [0, 0.1) is 0 Å². The van der Waals surface area contributed by atoms with Crippen molar-refractivity contribution in [3.8, 4) is 0 Å². The van der Waals surface area contributed by atoms with Crippen LogP contribution in [0.4, 0.5) is 0 Å². The van der Waals surface area contributed by atoms with Gasteiger partial charge in [-0.3, -0.25) is 4.79 Å². The first-order valence-corrected chi connectivity index (χ1v) is 9.28. The van der Waals surface area contributed by atoms with E-state index in [0.29, 0.717) is 17.1 Å². The van der Waals surface area contributed by atoms with Crippen LogP contribution >= 0.6 is 23.5 Å². The van der Waals surface area contributed by atoms with Crippen LogP contribution < -0.4 is 0 Å². The number of carbonyl (C=O) groups excluding carboxylic acids is 1. The Bertz CT molecular complexity index is 265. The van der Waals surface area contributed by atoms with Gasteiger partial charge in [-0.15, -0.1) is 11.8 Å². The second-order valence-corrected chi connectivity index (χ2v) is 7.70. The molecule has 0 bridgehead atoms. The number of hydrogen-bond acceptors (Lipinski definition) is 4. The van der Waals surface area contributed by atoms with Crippen molar-refractivity contribution in [1.82, 2.24) is 0 Å². The van der Waals surface area contributed by atoms with Gasteiger partial charge in [0.2, 0.25) is 0 Å². The van der Waals surface area contributed by atoms with E-state index in [2.05, 4.69) is 6.92 Å². The predicted molar refractivity (Wildman–Crippen MR) is 80.6 cm³/mol. The Kier molecular flexibility index (Phi) is 6.39. The lowest BCUT2D eigenvalue weighted by atomic mass is 10.0. The minimum absolute atomic E-state index is 0.262. The molecule has 0 radical (unpaired) electrons. The molecule has 0 aromatic rings. The van der Waals surface area contributed by atoms with E-state index < -0.39 is 0 Å². The summed E-state index contributed by atoms with van der Waals surface area (Å²) in [5.74, 6) is 2.84. The third-order valence-corrected chi connectivity index (χ3v) is 7.04. The second-order valence-electron chi connectivity index (χ2n) is 5.10. The van der Waals surface area contributed by atoms with Crippen molar-refractivity contribution in [2.45, 2.75) is 62.1 Å². The Labute approximate surface area is 119 Å². The molecular weight excluding hydrogens is 264 g/mol. The van der Waals surface area contributed by atoms with Crippen molar-refractivity contribution in [2.75, 3.05) is 18.1 Å². The van der Waals surface area contributed by atoms with E-state index in [-0.39, 0.29) is 5.25 Å². The molecule has 4 heteroatoms. The fraction of sp³-hybridized carbons (Fsp3) is 0.929. The highest BCUT2D eigenvalue weighted by molar-refractivity contribution is 8.07. The summed E-state index contributed by atoms with van der Waals surface area (Å²) in [6.45, 7) is 3.13. The molecule has 3 unspecified atom stereocenters. The maximum atomic E-state index is 12.3. The number of ketones is 1. The van der Waals surface area contributed by atoms with Crippen molar-refractivity contribution in [2.24, 2.45) is 0 Å². The van der Waals surface area contributed by atoms with E-state index in [1.807, 2.05) is 23.5 Å². The smallest absolute Gasteiger partial charge is 0.146 e. The van der Waals surface area contributed by atoms with Crippen molar-refractivity contribution in [3.63, 3.8) is 0 Å². The molecule has 0 saturated carbocycles. The lowest BCUT2D eigenvalue weighted by Crippen LogP contribution is -2.32. The van der Waals surface area contributed by atoms with E-state index >= 15 is 0 Å². The molecule has 2 aliphatic heterocycles. The van der Waals surface area contributed by atoms with E-state index in [1.165, 1.54) is 18.6 Å². The number of hydrogen-bond donors (Lipinski definition) is 0. The summed E-state index contributed by atoms with van der Waals surface area (Å²) in [6, 6.07) is 0. The van der Waals surface area contributed by atoms with Gasteiger partial charge in [-0.1, -0.05) is 6.92 Å². The molecule has 2 heterocycles. The maximum absolute atomic E-state index is 12.3. The van der Waals surface area contributed by atoms with Crippen molar-refractivity contribution >= 4 is 29.3 Å². The van der Waals surface area contributed by atoms with Gasteiger partial charge in [0.25, 0.3) is 0 Å². The van der Waals surface area contributed by atoms with Gasteiger partial charge in [0.05, 0.1) is 11.4 Å². The summed E-state index contributed by atoms with van der Waals surface area (Å²) in [6.07, 6.45) is 6.81. The van der Waals surface area contributed by atoms with Crippen LogP contribution in [0.1, 0.15) is 45.4 Å². The molecule has 0 amide bonds. The monoisotopic (exact) mass is 288 g/mol. The molecule has 2 rings (SSSR count). The molecule has 0 aromatic heterocycles. The fourth-order valence-corrected chi connectivity index (χ4v) is 5.79. The third-order valence-electron chi connectivity index (χ3n) is 3.74. The van der Waals surface area contributed by atoms with Crippen LogP contribution in [0.3, 0.4) is 0 Å². The van der Waals surface area contributed by atoms with Gasteiger partial charge < -0.3 is 4.74 Å². The normalized spacial score (nSPS) is 32.6. The standard InChI is InChI=1S/C14H24O2S2/c1-2-13-14(18-10-9-17-13)12(15)7-3-5-11-6-4-8-16-11/h11,13-14H,2-10H2,1H3. The highest BCUT2D eigenvalue weighted by Crippen LogP contribution is 2.34. The van der Waals surface area contributed by atoms with Crippen LogP contribution in [0.5, 0.6) is 0 Å². The van der Waals surface area contributed by atoms with E-state index in [0.717, 1.165) is 38.0 Å². The lowest BCUT2D eigenvalue weighted by Gasteiger charge is -2.28. The minimum atomic E-state index is 0.262. The Morgan fingerprint density at radius 1 is 1.33 bits per heavy atom. The van der Waals surface area contributed by atoms with Crippen LogP contribution in [0.25, 0.3) is 0 Å². The van der Waals surface area contributed by atoms with Crippen LogP contribution in [-0.4, -0.2) is 40.5 Å². The molecule has 2 fully saturated rings. The average Bonchev–Trinajstić information content (AvgIpc) is 2.91. The Hall–Kier alpha value is 0.330. The Morgan fingerprint density at radius 2 is 2.17 bits per heavy atom. The molecule has 3 atom stereocenters. The first-order chi connectivity index (χ1) is 8.81. The number of carbonyl (C=O) groups is 1. The summed E-state index contributed by atoms with van der Waals surface area (Å²) in [7, 11) is 0. The van der Waals surface area contributed by atoms with Crippen LogP contribution in [0.15, 0.2) is 0 Å². The quantitative estimate of drug-likeness (QED) is 0.747. The SMILES string of the molecule is CCC1SCCSC1C(=O)CCCC1CCCO1. The topological polar surface area (TPSA) is 26.3 Å². The molecule has 104 valence electrons. The van der Waals surface area contributed by atoms with Gasteiger partial charge >= 0.3 is 0 Å². The molecule has 0 spiro atoms. The molecule has 2 nitrogen and oxygen atoms in total. The summed E-state index contributed by atoms with van der Waals surface area (Å²) in [4.78, 5) is 12.3. The first-order valence-electron chi connectivity index (χ1n) is 7.18. The zero-order valence-electron chi connectivity index (χ0n) is 11.2. The zero-order chi connectivity index (χ0) is 12.8. The summed E-state index contributed by atoms with van der Waals surface area (Å²) in [5, 5.41) is 0.817. The molecule has 2 aliphatic rings. The summed E-state index contributed by atoms with van der Waals surface area (Å²) in [5.41, 5.74) is 0. The van der Waals surface area contributed by atoms with Gasteiger partial charge in [-0.2, -0.15) is 11.8 Å². The van der Waals surface area contributed by atoms with Gasteiger partial charge in [0.15, 0.2) is 0 Å². The van der Waals surface area contributed by atoms with Crippen LogP contribution in [-0.2, 0) is 9.53 Å². The van der Waals surface area contributed by atoms with E-state index in [4.69, 9.17) is 4.74 Å². The van der Waals surface area contributed by atoms with E-state index in [1.54, 1.807) is 0 Å². The number of rotatable bonds is 6. The minimum Gasteiger partial charge on any atom is -0.378 e. The lowest BCUT2D eigenvalue weighted by molar-refractivity contribution is -0.118. The third kappa shape index (κ3) is 4.17. The fourth-order valence-electron chi connectivity index (χ4n) is 2.72. The highest BCUT2D eigenvalue weighted by Gasteiger charge is 2.30. The molecule has 0 aromatic carbocycles. The molecule has 2 saturated heterocycles. The van der Waals surface area contributed by atoms with Gasteiger partial charge in [0, 0.05) is 29.8 Å². The number of ether oxygens (including phenoxy) is 1. The van der Waals surface area contributed by atoms with Gasteiger partial charge in [0.1, 0.15) is 5.78 Å². The zero-order valence-corrected chi connectivity index (χ0v) is 12.9. The Morgan fingerprint density at radius 3 is 2.89 bits per heavy atom. The van der Waals surface area contributed by atoms with Crippen LogP contribution in [0.2, 0.25) is 0 Å². The second kappa shape index (κ2) is 7.81. The first kappa shape index (κ1) is 14.7. The van der Waals surface area contributed by atoms with E-state index in [9.17, 15) is 4.79 Å². The highest BCUT2D eigenvalue weighted by atomic mass is 32.2. The Balaban J connectivity index is 1.69. The molecular formula is C14H24O2S2. The van der Waals surface area contributed by atoms with Gasteiger partial charge in [-0.25, -0.2) is 0 Å². The molecule has 0 aliphatic carbocycles. The molecule has 18 heavy (non-hydrogen) atoms. The van der Waals surface area contributed by atoms with Crippen molar-refractivity contribution < 1.29 is 9.53 Å². The number of Topliss-reactive ketones (excluding diaryl/α,β-unsaturated/α-hetero) is 1. The summed E-state index contributed by atoms with van der Waals surface area (Å²) >= 11 is 3.88. The largest absolute Gasteiger partial charge is 0.378 e. The van der Waals surface area contributed by atoms with Crippen molar-refractivity contribution in [3.05, 3.63) is 0 Å². The molecule has 0 N–H and O–H groups in total. The average molecular weight is 288 g/mol. The predicted octanol–water partition coefficient (Wildman–Crippen LogP) is 3.53. The maximum Gasteiger partial charge on any atom is 0.146 e. The number of thioether (sulfide) groups is 2. The van der Waals surface area contributed by atoms with Crippen molar-refractivity contribution in [1.29, 1.82) is 0 Å². The van der Waals surface area contributed by atoms with Gasteiger partial charge in [-0.05, 0) is 32.1 Å².